The minimum absolute atomic E-state index is 0.193. The Morgan fingerprint density at radius 2 is 1.81 bits per heavy atom. The maximum atomic E-state index is 12.2. The second-order valence-corrected chi connectivity index (χ2v) is 5.50. The summed E-state index contributed by atoms with van der Waals surface area (Å²) < 4.78 is 1.94. The quantitative estimate of drug-likeness (QED) is 0.732. The first-order chi connectivity index (χ1) is 10.1. The van der Waals surface area contributed by atoms with Crippen LogP contribution in [0.5, 0.6) is 0 Å². The summed E-state index contributed by atoms with van der Waals surface area (Å²) in [5.41, 5.74) is 5.48. The number of aromatic nitrogens is 2. The zero-order valence-corrected chi connectivity index (χ0v) is 12.3. The molecule has 0 radical (unpaired) electrons. The minimum atomic E-state index is 0.193. The molecule has 3 rings (SSSR count). The van der Waals surface area contributed by atoms with Crippen LogP contribution in [0.2, 0.25) is 0 Å². The number of hydrogen-bond donors (Lipinski definition) is 0. The van der Waals surface area contributed by atoms with Crippen molar-refractivity contribution in [2.45, 2.75) is 26.8 Å². The Balaban J connectivity index is 1.82. The van der Waals surface area contributed by atoms with Crippen molar-refractivity contribution in [1.29, 1.82) is 0 Å². The van der Waals surface area contributed by atoms with Crippen LogP contribution in [0.4, 0.5) is 0 Å². The standard InChI is InChI=1S/C18H18N2O/c1-13-8-17-18(9-14(13)2)20(12-19-17)11-16(21)10-15-6-4-3-5-7-15/h3-9,12H,10-11H2,1-2H3. The van der Waals surface area contributed by atoms with E-state index in [-0.39, 0.29) is 5.78 Å². The molecule has 0 unspecified atom stereocenters. The van der Waals surface area contributed by atoms with Crippen molar-refractivity contribution >= 4 is 16.8 Å². The molecule has 21 heavy (non-hydrogen) atoms. The monoisotopic (exact) mass is 278 g/mol. The molecule has 0 N–H and O–H groups in total. The summed E-state index contributed by atoms with van der Waals surface area (Å²) in [4.78, 5) is 16.6. The van der Waals surface area contributed by atoms with E-state index in [1.807, 2.05) is 34.9 Å². The summed E-state index contributed by atoms with van der Waals surface area (Å²) in [6.07, 6.45) is 2.22. The molecular formula is C18H18N2O. The summed E-state index contributed by atoms with van der Waals surface area (Å²) in [7, 11) is 0. The van der Waals surface area contributed by atoms with Gasteiger partial charge < -0.3 is 4.57 Å². The van der Waals surface area contributed by atoms with E-state index < -0.39 is 0 Å². The molecular weight excluding hydrogens is 260 g/mol. The Morgan fingerprint density at radius 1 is 1.10 bits per heavy atom. The highest BCUT2D eigenvalue weighted by Crippen LogP contribution is 2.18. The average molecular weight is 278 g/mol. The van der Waals surface area contributed by atoms with Gasteiger partial charge in [0.05, 0.1) is 23.9 Å². The fourth-order valence-electron chi connectivity index (χ4n) is 2.51. The lowest BCUT2D eigenvalue weighted by Crippen LogP contribution is -2.11. The van der Waals surface area contributed by atoms with Gasteiger partial charge in [0, 0.05) is 6.42 Å². The zero-order chi connectivity index (χ0) is 14.8. The van der Waals surface area contributed by atoms with E-state index in [0.717, 1.165) is 16.6 Å². The summed E-state index contributed by atoms with van der Waals surface area (Å²) in [5.74, 6) is 0.193. The minimum Gasteiger partial charge on any atom is -0.323 e. The molecule has 1 heterocycles. The van der Waals surface area contributed by atoms with Crippen LogP contribution in [-0.2, 0) is 17.8 Å². The normalized spacial score (nSPS) is 11.0. The third-order valence-corrected chi connectivity index (χ3v) is 3.83. The third-order valence-electron chi connectivity index (χ3n) is 3.83. The van der Waals surface area contributed by atoms with E-state index in [0.29, 0.717) is 13.0 Å². The summed E-state index contributed by atoms with van der Waals surface area (Å²) in [5, 5.41) is 0. The van der Waals surface area contributed by atoms with Crippen molar-refractivity contribution in [1.82, 2.24) is 9.55 Å². The van der Waals surface area contributed by atoms with Gasteiger partial charge in [-0.1, -0.05) is 30.3 Å². The number of hydrogen-bond acceptors (Lipinski definition) is 2. The molecule has 0 saturated carbocycles. The van der Waals surface area contributed by atoms with Crippen molar-refractivity contribution < 1.29 is 4.79 Å². The van der Waals surface area contributed by atoms with Gasteiger partial charge in [-0.05, 0) is 42.7 Å². The molecule has 0 saturated heterocycles. The summed E-state index contributed by atoms with van der Waals surface area (Å²) >= 11 is 0. The van der Waals surface area contributed by atoms with Gasteiger partial charge in [0.15, 0.2) is 5.78 Å². The van der Waals surface area contributed by atoms with Gasteiger partial charge in [-0.25, -0.2) is 4.98 Å². The van der Waals surface area contributed by atoms with Gasteiger partial charge in [0.2, 0.25) is 0 Å². The van der Waals surface area contributed by atoms with Crippen molar-refractivity contribution in [3.8, 4) is 0 Å². The van der Waals surface area contributed by atoms with Gasteiger partial charge in [-0.3, -0.25) is 4.79 Å². The number of carbonyl (C=O) groups excluding carboxylic acids is 1. The first kappa shape index (κ1) is 13.6. The molecule has 0 amide bonds. The number of carbonyl (C=O) groups is 1. The molecule has 106 valence electrons. The van der Waals surface area contributed by atoms with Crippen LogP contribution >= 0.6 is 0 Å². The predicted octanol–water partition coefficient (Wildman–Crippen LogP) is 3.46. The first-order valence-electron chi connectivity index (χ1n) is 7.11. The molecule has 3 heteroatoms. The van der Waals surface area contributed by atoms with Gasteiger partial charge >= 0.3 is 0 Å². The second-order valence-electron chi connectivity index (χ2n) is 5.50. The van der Waals surface area contributed by atoms with Crippen LogP contribution in [0.3, 0.4) is 0 Å². The predicted molar refractivity (Wildman–Crippen MR) is 84.4 cm³/mol. The summed E-state index contributed by atoms with van der Waals surface area (Å²) in [6.45, 7) is 4.53. The zero-order valence-electron chi connectivity index (χ0n) is 12.3. The van der Waals surface area contributed by atoms with Crippen LogP contribution < -0.4 is 0 Å². The first-order valence-corrected chi connectivity index (χ1v) is 7.11. The van der Waals surface area contributed by atoms with E-state index in [9.17, 15) is 4.79 Å². The van der Waals surface area contributed by atoms with Crippen molar-refractivity contribution in [3.05, 3.63) is 65.5 Å². The Kier molecular flexibility index (Phi) is 3.57. The molecule has 0 bridgehead atoms. The molecule has 3 nitrogen and oxygen atoms in total. The average Bonchev–Trinajstić information content (AvgIpc) is 2.83. The topological polar surface area (TPSA) is 34.9 Å². The van der Waals surface area contributed by atoms with Crippen molar-refractivity contribution in [2.24, 2.45) is 0 Å². The van der Waals surface area contributed by atoms with Gasteiger partial charge in [0.1, 0.15) is 0 Å². The van der Waals surface area contributed by atoms with Gasteiger partial charge in [0.25, 0.3) is 0 Å². The Morgan fingerprint density at radius 3 is 2.57 bits per heavy atom. The highest BCUT2D eigenvalue weighted by atomic mass is 16.1. The molecule has 3 aromatic rings. The van der Waals surface area contributed by atoms with Gasteiger partial charge in [-0.2, -0.15) is 0 Å². The lowest BCUT2D eigenvalue weighted by molar-refractivity contribution is -0.118. The Hall–Kier alpha value is -2.42. The lowest BCUT2D eigenvalue weighted by atomic mass is 10.1. The number of nitrogens with zero attached hydrogens (tertiary/aromatic N) is 2. The third kappa shape index (κ3) is 2.87. The lowest BCUT2D eigenvalue weighted by Gasteiger charge is -2.06. The number of ketones is 1. The summed E-state index contributed by atoms with van der Waals surface area (Å²) in [6, 6.07) is 14.0. The van der Waals surface area contributed by atoms with Crippen molar-refractivity contribution in [2.75, 3.05) is 0 Å². The number of aryl methyl sites for hydroxylation is 2. The molecule has 0 fully saturated rings. The van der Waals surface area contributed by atoms with E-state index >= 15 is 0 Å². The maximum absolute atomic E-state index is 12.2. The molecule has 0 atom stereocenters. The second kappa shape index (κ2) is 5.52. The van der Waals surface area contributed by atoms with E-state index in [4.69, 9.17) is 0 Å². The van der Waals surface area contributed by atoms with E-state index in [1.165, 1.54) is 11.1 Å². The molecule has 1 aromatic heterocycles. The van der Waals surface area contributed by atoms with Crippen LogP contribution in [0.15, 0.2) is 48.8 Å². The molecule has 2 aromatic carbocycles. The molecule has 0 spiro atoms. The van der Waals surface area contributed by atoms with E-state index in [2.05, 4.69) is 31.0 Å². The Labute approximate surface area is 124 Å². The number of Topliss-reactive ketones (excluding diaryl/α,β-unsaturated/α-hetero) is 1. The number of benzene rings is 2. The number of rotatable bonds is 4. The smallest absolute Gasteiger partial charge is 0.156 e. The maximum Gasteiger partial charge on any atom is 0.156 e. The van der Waals surface area contributed by atoms with Crippen LogP contribution in [0.25, 0.3) is 11.0 Å². The van der Waals surface area contributed by atoms with Crippen LogP contribution in [0.1, 0.15) is 16.7 Å². The van der Waals surface area contributed by atoms with Crippen LogP contribution in [0, 0.1) is 13.8 Å². The SMILES string of the molecule is Cc1cc2ncn(CC(=O)Cc3ccccc3)c2cc1C. The Bertz CT molecular complexity index is 788. The highest BCUT2D eigenvalue weighted by Gasteiger charge is 2.09. The highest BCUT2D eigenvalue weighted by molar-refractivity contribution is 5.84. The van der Waals surface area contributed by atoms with Crippen molar-refractivity contribution in [3.63, 3.8) is 0 Å². The van der Waals surface area contributed by atoms with Crippen LogP contribution in [-0.4, -0.2) is 15.3 Å². The molecule has 0 aliphatic carbocycles. The molecule has 0 aliphatic heterocycles. The fourth-order valence-corrected chi connectivity index (χ4v) is 2.51. The number of imidazole rings is 1. The molecule has 0 aliphatic rings. The number of fused-ring (bicyclic) bond motifs is 1. The fraction of sp³-hybridized carbons (Fsp3) is 0.222. The largest absolute Gasteiger partial charge is 0.323 e. The van der Waals surface area contributed by atoms with Gasteiger partial charge in [-0.15, -0.1) is 0 Å². The van der Waals surface area contributed by atoms with E-state index in [1.54, 1.807) is 6.33 Å².